The Labute approximate surface area is 104 Å². The van der Waals surface area contributed by atoms with Crippen LogP contribution in [-0.4, -0.2) is 40.6 Å². The summed E-state index contributed by atoms with van der Waals surface area (Å²) in [6, 6.07) is 0. The highest BCUT2D eigenvalue weighted by Gasteiger charge is 2.15. The standard InChI is InChI=1S/C13H24N4/c1-12-4-3-6-17(10-12)7-5-14-8-13-9-15-11-16(13)2/h9,11-12,14H,3-8,10H2,1-2H3/t12-/m0/s1. The molecule has 17 heavy (non-hydrogen) atoms. The van der Waals surface area contributed by atoms with Crippen molar-refractivity contribution in [2.24, 2.45) is 13.0 Å². The number of imidazole rings is 1. The van der Waals surface area contributed by atoms with Crippen LogP contribution in [0.15, 0.2) is 12.5 Å². The van der Waals surface area contributed by atoms with Crippen molar-refractivity contribution in [3.8, 4) is 0 Å². The number of aryl methyl sites for hydroxylation is 1. The highest BCUT2D eigenvalue weighted by atomic mass is 15.1. The zero-order valence-corrected chi connectivity index (χ0v) is 11.0. The second kappa shape index (κ2) is 6.17. The molecular weight excluding hydrogens is 212 g/mol. The van der Waals surface area contributed by atoms with Crippen LogP contribution in [0, 0.1) is 5.92 Å². The molecule has 0 aliphatic carbocycles. The van der Waals surface area contributed by atoms with Crippen LogP contribution in [0.2, 0.25) is 0 Å². The summed E-state index contributed by atoms with van der Waals surface area (Å²) in [5, 5.41) is 3.49. The van der Waals surface area contributed by atoms with Crippen LogP contribution in [-0.2, 0) is 13.6 Å². The molecule has 0 aromatic carbocycles. The first kappa shape index (κ1) is 12.6. The van der Waals surface area contributed by atoms with Gasteiger partial charge in [-0.25, -0.2) is 4.98 Å². The molecule has 1 aromatic rings. The van der Waals surface area contributed by atoms with E-state index < -0.39 is 0 Å². The van der Waals surface area contributed by atoms with Crippen LogP contribution in [0.25, 0.3) is 0 Å². The first-order valence-electron chi connectivity index (χ1n) is 6.64. The van der Waals surface area contributed by atoms with E-state index in [0.717, 1.165) is 19.0 Å². The summed E-state index contributed by atoms with van der Waals surface area (Å²) in [7, 11) is 2.04. The molecule has 96 valence electrons. The molecule has 2 heterocycles. The molecule has 0 saturated carbocycles. The van der Waals surface area contributed by atoms with Crippen LogP contribution in [0.3, 0.4) is 0 Å². The van der Waals surface area contributed by atoms with Gasteiger partial charge in [0.25, 0.3) is 0 Å². The van der Waals surface area contributed by atoms with Gasteiger partial charge in [-0.2, -0.15) is 0 Å². The number of nitrogens with zero attached hydrogens (tertiary/aromatic N) is 3. The summed E-state index contributed by atoms with van der Waals surface area (Å²) in [6.45, 7) is 8.06. The smallest absolute Gasteiger partial charge is 0.0945 e. The Morgan fingerprint density at radius 1 is 1.53 bits per heavy atom. The van der Waals surface area contributed by atoms with Crippen molar-refractivity contribution in [2.45, 2.75) is 26.3 Å². The van der Waals surface area contributed by atoms with Gasteiger partial charge in [-0.15, -0.1) is 0 Å². The normalized spacial score (nSPS) is 21.9. The summed E-state index contributed by atoms with van der Waals surface area (Å²) >= 11 is 0. The fourth-order valence-corrected chi connectivity index (χ4v) is 2.50. The average Bonchev–Trinajstić information content (AvgIpc) is 2.71. The van der Waals surface area contributed by atoms with E-state index in [1.807, 2.05) is 19.6 Å². The van der Waals surface area contributed by atoms with Gasteiger partial charge in [0, 0.05) is 39.4 Å². The summed E-state index contributed by atoms with van der Waals surface area (Å²) in [5.41, 5.74) is 1.25. The SMILES string of the molecule is C[C@H]1CCCN(CCNCc2cncn2C)C1. The second-order valence-electron chi connectivity index (χ2n) is 5.22. The lowest BCUT2D eigenvalue weighted by Gasteiger charge is -2.30. The van der Waals surface area contributed by atoms with Crippen molar-refractivity contribution in [3.05, 3.63) is 18.2 Å². The lowest BCUT2D eigenvalue weighted by Crippen LogP contribution is -2.38. The van der Waals surface area contributed by atoms with Gasteiger partial charge >= 0.3 is 0 Å². The van der Waals surface area contributed by atoms with Crippen LogP contribution < -0.4 is 5.32 Å². The van der Waals surface area contributed by atoms with Crippen molar-refractivity contribution in [3.63, 3.8) is 0 Å². The Kier molecular flexibility index (Phi) is 4.57. The molecule has 1 N–H and O–H groups in total. The van der Waals surface area contributed by atoms with Gasteiger partial charge < -0.3 is 14.8 Å². The van der Waals surface area contributed by atoms with E-state index in [1.54, 1.807) is 0 Å². The predicted octanol–water partition coefficient (Wildman–Crippen LogP) is 1.24. The molecule has 1 aliphatic rings. The average molecular weight is 236 g/mol. The van der Waals surface area contributed by atoms with E-state index >= 15 is 0 Å². The number of rotatable bonds is 5. The predicted molar refractivity (Wildman–Crippen MR) is 69.8 cm³/mol. The summed E-state index contributed by atoms with van der Waals surface area (Å²) in [5.74, 6) is 0.876. The van der Waals surface area contributed by atoms with Crippen molar-refractivity contribution in [1.29, 1.82) is 0 Å². The van der Waals surface area contributed by atoms with E-state index in [9.17, 15) is 0 Å². The minimum atomic E-state index is 0.876. The van der Waals surface area contributed by atoms with Gasteiger partial charge in [0.15, 0.2) is 0 Å². The largest absolute Gasteiger partial charge is 0.337 e. The van der Waals surface area contributed by atoms with Gasteiger partial charge in [0.2, 0.25) is 0 Å². The van der Waals surface area contributed by atoms with Crippen molar-refractivity contribution in [1.82, 2.24) is 19.8 Å². The quantitative estimate of drug-likeness (QED) is 0.781. The van der Waals surface area contributed by atoms with E-state index in [-0.39, 0.29) is 0 Å². The molecule has 1 aromatic heterocycles. The van der Waals surface area contributed by atoms with Crippen LogP contribution >= 0.6 is 0 Å². The maximum atomic E-state index is 4.11. The minimum Gasteiger partial charge on any atom is -0.337 e. The molecule has 2 rings (SSSR count). The Morgan fingerprint density at radius 3 is 3.12 bits per heavy atom. The van der Waals surface area contributed by atoms with Crippen LogP contribution in [0.4, 0.5) is 0 Å². The van der Waals surface area contributed by atoms with Crippen molar-refractivity contribution >= 4 is 0 Å². The van der Waals surface area contributed by atoms with Gasteiger partial charge in [0.1, 0.15) is 0 Å². The monoisotopic (exact) mass is 236 g/mol. The minimum absolute atomic E-state index is 0.876. The van der Waals surface area contributed by atoms with Gasteiger partial charge in [0.05, 0.1) is 12.0 Å². The van der Waals surface area contributed by atoms with Crippen molar-refractivity contribution in [2.75, 3.05) is 26.2 Å². The lowest BCUT2D eigenvalue weighted by molar-refractivity contribution is 0.184. The number of nitrogens with one attached hydrogen (secondary N) is 1. The fraction of sp³-hybridized carbons (Fsp3) is 0.769. The number of aromatic nitrogens is 2. The summed E-state index contributed by atoms with van der Waals surface area (Å²) in [6.07, 6.45) is 6.54. The van der Waals surface area contributed by atoms with Gasteiger partial charge in [-0.05, 0) is 25.3 Å². The molecule has 0 amide bonds. The van der Waals surface area contributed by atoms with Crippen LogP contribution in [0.5, 0.6) is 0 Å². The highest BCUT2D eigenvalue weighted by Crippen LogP contribution is 2.14. The second-order valence-corrected chi connectivity index (χ2v) is 5.22. The lowest BCUT2D eigenvalue weighted by atomic mass is 10.0. The van der Waals surface area contributed by atoms with E-state index in [2.05, 4.69) is 26.7 Å². The Hall–Kier alpha value is -0.870. The van der Waals surface area contributed by atoms with Crippen LogP contribution in [0.1, 0.15) is 25.5 Å². The zero-order valence-electron chi connectivity index (χ0n) is 11.0. The molecular formula is C13H24N4. The highest BCUT2D eigenvalue weighted by molar-refractivity contribution is 4.96. The molecule has 1 atom stereocenters. The van der Waals surface area contributed by atoms with E-state index in [0.29, 0.717) is 0 Å². The third kappa shape index (κ3) is 3.82. The number of hydrogen-bond acceptors (Lipinski definition) is 3. The van der Waals surface area contributed by atoms with Gasteiger partial charge in [-0.3, -0.25) is 0 Å². The molecule has 0 spiro atoms. The van der Waals surface area contributed by atoms with E-state index in [4.69, 9.17) is 0 Å². The zero-order chi connectivity index (χ0) is 12.1. The maximum absolute atomic E-state index is 4.11. The topological polar surface area (TPSA) is 33.1 Å². The Balaban J connectivity index is 1.61. The summed E-state index contributed by atoms with van der Waals surface area (Å²) in [4.78, 5) is 6.69. The molecule has 1 saturated heterocycles. The first-order chi connectivity index (χ1) is 8.25. The Bertz CT molecular complexity index is 334. The third-order valence-corrected chi connectivity index (χ3v) is 3.57. The number of hydrogen-bond donors (Lipinski definition) is 1. The number of likely N-dealkylation sites (tertiary alicyclic amines) is 1. The Morgan fingerprint density at radius 2 is 2.41 bits per heavy atom. The maximum Gasteiger partial charge on any atom is 0.0945 e. The molecule has 0 unspecified atom stereocenters. The first-order valence-corrected chi connectivity index (χ1v) is 6.64. The molecule has 4 nitrogen and oxygen atoms in total. The molecule has 1 fully saturated rings. The molecule has 1 aliphatic heterocycles. The number of piperidine rings is 1. The van der Waals surface area contributed by atoms with Crippen molar-refractivity contribution < 1.29 is 0 Å². The van der Waals surface area contributed by atoms with Gasteiger partial charge in [-0.1, -0.05) is 6.92 Å². The fourth-order valence-electron chi connectivity index (χ4n) is 2.50. The summed E-state index contributed by atoms with van der Waals surface area (Å²) < 4.78 is 2.07. The molecule has 4 heteroatoms. The van der Waals surface area contributed by atoms with E-state index in [1.165, 1.54) is 38.2 Å². The molecule has 0 radical (unpaired) electrons. The third-order valence-electron chi connectivity index (χ3n) is 3.57. The molecule has 0 bridgehead atoms.